The van der Waals surface area contributed by atoms with Crippen LogP contribution in [0.5, 0.6) is 5.75 Å². The number of halogens is 1. The maximum Gasteiger partial charge on any atom is 0.410 e. The molecule has 0 spiro atoms. The molecule has 47 heavy (non-hydrogen) atoms. The highest BCUT2D eigenvalue weighted by atomic mass is 18.2. The number of benzene rings is 1. The Kier molecular flexibility index (Phi) is 12.6. The van der Waals surface area contributed by atoms with Gasteiger partial charge in [-0.05, 0) is 88.1 Å². The molecule has 1 aromatic heterocycles. The lowest BCUT2D eigenvalue weighted by Crippen LogP contribution is -2.46. The number of likely N-dealkylation sites (tertiary alicyclic amines) is 2. The third kappa shape index (κ3) is 10.9. The van der Waals surface area contributed by atoms with Gasteiger partial charge < -0.3 is 29.7 Å². The number of carbonyl (C=O) groups is 4. The fraction of sp³-hybridized carbons (Fsp3) is 0.571. The number of hydrogen-bond acceptors (Lipinski definition) is 7. The number of aliphatic carboxylic acids is 1. The van der Waals surface area contributed by atoms with Crippen molar-refractivity contribution in [2.75, 3.05) is 39.5 Å². The van der Waals surface area contributed by atoms with Crippen molar-refractivity contribution in [2.24, 2.45) is 11.8 Å². The van der Waals surface area contributed by atoms with Crippen LogP contribution in [0.3, 0.4) is 0 Å². The number of alkyl halides is 1. The van der Waals surface area contributed by atoms with E-state index in [1.165, 1.54) is 0 Å². The zero-order valence-corrected chi connectivity index (χ0v) is 27.6. The molecule has 2 aromatic rings. The highest BCUT2D eigenvalue weighted by molar-refractivity contribution is 5.82. The molecule has 2 atom stereocenters. The first kappa shape index (κ1) is 35.6. The minimum absolute atomic E-state index is 0.0113. The van der Waals surface area contributed by atoms with Crippen molar-refractivity contribution < 1.29 is 38.1 Å². The van der Waals surface area contributed by atoms with Crippen LogP contribution >= 0.6 is 0 Å². The number of piperidine rings is 2. The minimum atomic E-state index is -1.06. The van der Waals surface area contributed by atoms with E-state index < -0.39 is 30.2 Å². The second-order valence-corrected chi connectivity index (χ2v) is 13.4. The number of ether oxygens (including phenoxy) is 2. The van der Waals surface area contributed by atoms with Gasteiger partial charge in [0.05, 0.1) is 18.4 Å². The molecule has 256 valence electrons. The molecular weight excluding hydrogens is 606 g/mol. The molecule has 0 bridgehead atoms. The molecule has 1 aromatic carbocycles. The third-order valence-electron chi connectivity index (χ3n) is 8.57. The first-order valence-corrected chi connectivity index (χ1v) is 16.4. The van der Waals surface area contributed by atoms with Crippen LogP contribution in [-0.4, -0.2) is 88.8 Å². The summed E-state index contributed by atoms with van der Waals surface area (Å²) in [6, 6.07) is 8.04. The van der Waals surface area contributed by atoms with Gasteiger partial charge in [0.15, 0.2) is 0 Å². The predicted molar refractivity (Wildman–Crippen MR) is 173 cm³/mol. The average Bonchev–Trinajstić information content (AvgIpc) is 3.05. The smallest absolute Gasteiger partial charge is 0.410 e. The lowest BCUT2D eigenvalue weighted by atomic mass is 9.91. The van der Waals surface area contributed by atoms with Crippen molar-refractivity contribution in [1.29, 1.82) is 0 Å². The first-order valence-electron chi connectivity index (χ1n) is 16.4. The van der Waals surface area contributed by atoms with Gasteiger partial charge in [0.2, 0.25) is 11.8 Å². The molecule has 4 rings (SSSR count). The number of carbonyl (C=O) groups excluding carboxylic acids is 3. The van der Waals surface area contributed by atoms with Gasteiger partial charge in [-0.25, -0.2) is 9.18 Å². The second-order valence-electron chi connectivity index (χ2n) is 13.4. The fourth-order valence-electron chi connectivity index (χ4n) is 6.06. The molecule has 0 unspecified atom stereocenters. The molecule has 2 saturated heterocycles. The maximum absolute atomic E-state index is 13.4. The van der Waals surface area contributed by atoms with Crippen LogP contribution in [0.15, 0.2) is 42.7 Å². The number of hydrogen-bond donors (Lipinski definition) is 2. The Labute approximate surface area is 275 Å². The van der Waals surface area contributed by atoms with E-state index in [0.717, 1.165) is 30.4 Å². The number of amides is 3. The van der Waals surface area contributed by atoms with E-state index >= 15 is 0 Å². The molecule has 3 amide bonds. The molecule has 0 saturated carbocycles. The lowest BCUT2D eigenvalue weighted by Gasteiger charge is -2.35. The summed E-state index contributed by atoms with van der Waals surface area (Å²) in [6.45, 7) is 7.02. The zero-order valence-electron chi connectivity index (χ0n) is 27.6. The number of nitrogens with one attached hydrogen (secondary N) is 1. The first-order chi connectivity index (χ1) is 22.4. The van der Waals surface area contributed by atoms with Crippen LogP contribution in [0, 0.1) is 11.8 Å². The van der Waals surface area contributed by atoms with Gasteiger partial charge in [-0.15, -0.1) is 0 Å². The van der Waals surface area contributed by atoms with Crippen molar-refractivity contribution in [2.45, 2.75) is 77.4 Å². The molecular formula is C35H47FN4O7. The van der Waals surface area contributed by atoms with Gasteiger partial charge in [-0.2, -0.15) is 0 Å². The summed E-state index contributed by atoms with van der Waals surface area (Å²) in [5, 5.41) is 12.6. The van der Waals surface area contributed by atoms with E-state index in [-0.39, 0.29) is 37.5 Å². The number of rotatable bonds is 12. The van der Waals surface area contributed by atoms with Gasteiger partial charge in [0.25, 0.3) is 0 Å². The predicted octanol–water partition coefficient (Wildman–Crippen LogP) is 5.39. The van der Waals surface area contributed by atoms with Crippen LogP contribution in [-0.2, 0) is 19.1 Å². The van der Waals surface area contributed by atoms with Crippen LogP contribution in [0.4, 0.5) is 9.18 Å². The van der Waals surface area contributed by atoms with E-state index in [1.54, 1.807) is 52.5 Å². The molecule has 2 aliphatic rings. The lowest BCUT2D eigenvalue weighted by molar-refractivity contribution is -0.138. The average molecular weight is 654 g/mol. The van der Waals surface area contributed by atoms with Crippen LogP contribution in [0.1, 0.15) is 77.3 Å². The Morgan fingerprint density at radius 2 is 1.74 bits per heavy atom. The summed E-state index contributed by atoms with van der Waals surface area (Å²) in [4.78, 5) is 58.5. The standard InChI is InChI=1S/C35H47FN4O7/c1-35(2,3)47-34(45)39-16-12-24(13-17-39)6-11-31(41)40-15-4-5-26(23-40)33(44)38-30(20-32(42)43)28-19-27(21-37-22-28)25-7-9-29(10-8-25)46-18-14-36/h7-10,19,21-22,24,26,30H,4-6,11-18,20,23H2,1-3H3,(H,38,44)(H,42,43)/t26-,30+/m1/s1/i36-1. The molecule has 0 radical (unpaired) electrons. The zero-order chi connectivity index (χ0) is 34.0. The Morgan fingerprint density at radius 3 is 2.40 bits per heavy atom. The Balaban J connectivity index is 1.30. The number of carboxylic acid groups (broad SMARTS) is 1. The van der Waals surface area contributed by atoms with Crippen molar-refractivity contribution in [1.82, 2.24) is 20.1 Å². The van der Waals surface area contributed by atoms with Gasteiger partial charge >= 0.3 is 12.1 Å². The summed E-state index contributed by atoms with van der Waals surface area (Å²) in [7, 11) is 0. The van der Waals surface area contributed by atoms with E-state index in [0.29, 0.717) is 56.1 Å². The monoisotopic (exact) mass is 653 g/mol. The molecule has 3 heterocycles. The maximum atomic E-state index is 13.4. The molecule has 2 aliphatic heterocycles. The number of nitrogens with zero attached hydrogens (tertiary/aromatic N) is 3. The van der Waals surface area contributed by atoms with Crippen molar-refractivity contribution in [3.8, 4) is 16.9 Å². The Hall–Kier alpha value is -4.22. The fourth-order valence-corrected chi connectivity index (χ4v) is 6.06. The van der Waals surface area contributed by atoms with Gasteiger partial charge in [-0.3, -0.25) is 19.4 Å². The topological polar surface area (TPSA) is 138 Å². The molecule has 2 fully saturated rings. The van der Waals surface area contributed by atoms with Gasteiger partial charge in [-0.1, -0.05) is 12.1 Å². The van der Waals surface area contributed by atoms with Crippen LogP contribution in [0.2, 0.25) is 0 Å². The second kappa shape index (κ2) is 16.6. The van der Waals surface area contributed by atoms with Crippen LogP contribution < -0.4 is 10.1 Å². The highest BCUT2D eigenvalue weighted by Gasteiger charge is 2.32. The molecule has 2 N–H and O–H groups in total. The number of carboxylic acids is 1. The quantitative estimate of drug-likeness (QED) is 0.311. The van der Waals surface area contributed by atoms with E-state index in [4.69, 9.17) is 9.47 Å². The largest absolute Gasteiger partial charge is 0.491 e. The van der Waals surface area contributed by atoms with Crippen LogP contribution in [0.25, 0.3) is 11.1 Å². The molecule has 12 heteroatoms. The Morgan fingerprint density at radius 1 is 1.02 bits per heavy atom. The summed E-state index contributed by atoms with van der Waals surface area (Å²) < 4.78 is 23.2. The number of pyridine rings is 1. The Bertz CT molecular complexity index is 1370. The van der Waals surface area contributed by atoms with E-state index in [2.05, 4.69) is 10.3 Å². The summed E-state index contributed by atoms with van der Waals surface area (Å²) in [5.41, 5.74) is 1.56. The van der Waals surface area contributed by atoms with Crippen molar-refractivity contribution in [3.05, 3.63) is 48.3 Å². The van der Waals surface area contributed by atoms with E-state index in [9.17, 15) is 28.7 Å². The number of aromatic nitrogens is 1. The van der Waals surface area contributed by atoms with Gasteiger partial charge in [0.1, 0.15) is 24.6 Å². The van der Waals surface area contributed by atoms with Crippen molar-refractivity contribution in [3.63, 3.8) is 0 Å². The van der Waals surface area contributed by atoms with Gasteiger partial charge in [0, 0.05) is 50.6 Å². The SMILES string of the molecule is CC(C)(C)OC(=O)N1CCC(CCC(=O)N2CCC[C@@H](C(=O)N[C@@H](CC(=O)O)c3cncc(-c4ccc(OCC[18F])cc4)c3)C2)CC1. The normalized spacial score (nSPS) is 17.9. The molecule has 0 aliphatic carbocycles. The third-order valence-corrected chi connectivity index (χ3v) is 8.57. The minimum Gasteiger partial charge on any atom is -0.491 e. The summed E-state index contributed by atoms with van der Waals surface area (Å²) in [5.74, 6) is -0.913. The summed E-state index contributed by atoms with van der Waals surface area (Å²) >= 11 is 0. The van der Waals surface area contributed by atoms with Crippen molar-refractivity contribution >= 4 is 23.9 Å². The van der Waals surface area contributed by atoms with E-state index in [1.807, 2.05) is 20.8 Å². The highest BCUT2D eigenvalue weighted by Crippen LogP contribution is 2.28. The molecule has 11 nitrogen and oxygen atoms in total. The summed E-state index contributed by atoms with van der Waals surface area (Å²) in [6.07, 6.45) is 6.61.